The zero-order valence-corrected chi connectivity index (χ0v) is 16.7. The van der Waals surface area contributed by atoms with E-state index in [-0.39, 0.29) is 34.8 Å². The van der Waals surface area contributed by atoms with Crippen LogP contribution in [0.15, 0.2) is 23.1 Å². The van der Waals surface area contributed by atoms with Gasteiger partial charge in [-0.15, -0.1) is 0 Å². The third-order valence-corrected chi connectivity index (χ3v) is 8.62. The monoisotopic (exact) mass is 403 g/mol. The normalized spacial score (nSPS) is 25.7. The second-order valence-electron chi connectivity index (χ2n) is 6.92. The van der Waals surface area contributed by atoms with Gasteiger partial charge in [0.2, 0.25) is 10.0 Å². The van der Waals surface area contributed by atoms with E-state index in [1.54, 1.807) is 18.2 Å². The van der Waals surface area contributed by atoms with E-state index in [1.165, 1.54) is 11.4 Å². The van der Waals surface area contributed by atoms with Gasteiger partial charge >= 0.3 is 0 Å². The molecule has 2 heterocycles. The van der Waals surface area contributed by atoms with Gasteiger partial charge in [0.25, 0.3) is 0 Å². The van der Waals surface area contributed by atoms with E-state index in [4.69, 9.17) is 9.47 Å². The van der Waals surface area contributed by atoms with Gasteiger partial charge in [-0.25, -0.2) is 16.8 Å². The molecule has 2 fully saturated rings. The zero-order valence-electron chi connectivity index (χ0n) is 15.0. The Morgan fingerprint density at radius 1 is 1.31 bits per heavy atom. The molecular formula is C17H25NO6S2. The van der Waals surface area contributed by atoms with Gasteiger partial charge in [-0.2, -0.15) is 4.31 Å². The Balaban J connectivity index is 2.00. The molecule has 2 atom stereocenters. The predicted octanol–water partition coefficient (Wildman–Crippen LogP) is 1.36. The largest absolute Gasteiger partial charge is 0.495 e. The van der Waals surface area contributed by atoms with Crippen molar-refractivity contribution in [3.8, 4) is 5.75 Å². The van der Waals surface area contributed by atoms with Crippen LogP contribution in [0.25, 0.3) is 0 Å². The fourth-order valence-electron chi connectivity index (χ4n) is 3.55. The molecule has 9 heteroatoms. The summed E-state index contributed by atoms with van der Waals surface area (Å²) in [6.07, 6.45) is 1.76. The van der Waals surface area contributed by atoms with Crippen LogP contribution in [0, 0.1) is 6.92 Å². The van der Waals surface area contributed by atoms with Gasteiger partial charge in [-0.1, -0.05) is 6.07 Å². The lowest BCUT2D eigenvalue weighted by molar-refractivity contribution is 0.0876. The van der Waals surface area contributed by atoms with Crippen molar-refractivity contribution in [1.82, 2.24) is 4.31 Å². The molecule has 0 unspecified atom stereocenters. The van der Waals surface area contributed by atoms with E-state index in [0.717, 1.165) is 18.4 Å². The molecular weight excluding hydrogens is 378 g/mol. The van der Waals surface area contributed by atoms with Crippen LogP contribution in [0.2, 0.25) is 0 Å². The Bertz CT molecular complexity index is 859. The number of ether oxygens (including phenoxy) is 2. The zero-order chi connectivity index (χ0) is 18.9. The summed E-state index contributed by atoms with van der Waals surface area (Å²) in [5.41, 5.74) is 0.792. The average molecular weight is 404 g/mol. The minimum atomic E-state index is -3.92. The summed E-state index contributed by atoms with van der Waals surface area (Å²) in [5.74, 6) is 0.126. The quantitative estimate of drug-likeness (QED) is 0.712. The van der Waals surface area contributed by atoms with Crippen LogP contribution in [0.1, 0.15) is 24.8 Å². The van der Waals surface area contributed by atoms with Crippen molar-refractivity contribution in [1.29, 1.82) is 0 Å². The number of aryl methyl sites for hydroxylation is 1. The van der Waals surface area contributed by atoms with Crippen molar-refractivity contribution in [2.45, 2.75) is 43.2 Å². The van der Waals surface area contributed by atoms with Crippen LogP contribution in [-0.4, -0.2) is 65.1 Å². The highest BCUT2D eigenvalue weighted by Gasteiger charge is 2.41. The van der Waals surface area contributed by atoms with Crippen molar-refractivity contribution >= 4 is 19.9 Å². The molecule has 2 aliphatic heterocycles. The summed E-state index contributed by atoms with van der Waals surface area (Å²) in [5, 5.41) is 0. The van der Waals surface area contributed by atoms with Gasteiger partial charge < -0.3 is 9.47 Å². The first-order valence-electron chi connectivity index (χ1n) is 8.71. The highest BCUT2D eigenvalue weighted by molar-refractivity contribution is 7.92. The molecule has 7 nitrogen and oxygen atoms in total. The Labute approximate surface area is 155 Å². The van der Waals surface area contributed by atoms with Gasteiger partial charge in [0.05, 0.1) is 24.7 Å². The number of hydrogen-bond donors (Lipinski definition) is 0. The summed E-state index contributed by atoms with van der Waals surface area (Å²) in [6.45, 7) is 2.58. The SMILES string of the molecule is COc1ccc(C)cc1S(=O)(=O)N(C[C@@H]1CCCO1)[C@H]1CCS(=O)(=O)C1. The van der Waals surface area contributed by atoms with Crippen LogP contribution in [0.4, 0.5) is 0 Å². The van der Waals surface area contributed by atoms with E-state index in [9.17, 15) is 16.8 Å². The maximum atomic E-state index is 13.4. The minimum absolute atomic E-state index is 0.0141. The van der Waals surface area contributed by atoms with Crippen LogP contribution in [0.3, 0.4) is 0 Å². The first kappa shape index (κ1) is 19.6. The van der Waals surface area contributed by atoms with Crippen molar-refractivity contribution < 1.29 is 26.3 Å². The van der Waals surface area contributed by atoms with Crippen molar-refractivity contribution in [2.24, 2.45) is 0 Å². The lowest BCUT2D eigenvalue weighted by Crippen LogP contribution is -2.45. The molecule has 0 N–H and O–H groups in total. The van der Waals surface area contributed by atoms with Gasteiger partial charge in [0.1, 0.15) is 10.6 Å². The topological polar surface area (TPSA) is 90.0 Å². The summed E-state index contributed by atoms with van der Waals surface area (Å²) in [7, 11) is -5.72. The van der Waals surface area contributed by atoms with Gasteiger partial charge in [0, 0.05) is 19.2 Å². The van der Waals surface area contributed by atoms with Crippen LogP contribution >= 0.6 is 0 Å². The van der Waals surface area contributed by atoms with Crippen molar-refractivity contribution in [3.05, 3.63) is 23.8 Å². The second kappa shape index (κ2) is 7.46. The number of sulfone groups is 1. The molecule has 0 spiro atoms. The standard InChI is InChI=1S/C17H25NO6S2/c1-13-5-6-16(23-2)17(10-13)26(21,22)18(11-15-4-3-8-24-15)14-7-9-25(19,20)12-14/h5-6,10,14-15H,3-4,7-9,11-12H2,1-2H3/t14-,15-/m0/s1. The van der Waals surface area contributed by atoms with E-state index in [1.807, 2.05) is 6.92 Å². The van der Waals surface area contributed by atoms with Gasteiger partial charge in [-0.05, 0) is 43.9 Å². The summed E-state index contributed by atoms with van der Waals surface area (Å²) < 4.78 is 63.0. The Hall–Kier alpha value is -1.16. The Morgan fingerprint density at radius 2 is 2.08 bits per heavy atom. The summed E-state index contributed by atoms with van der Waals surface area (Å²) >= 11 is 0. The number of methoxy groups -OCH3 is 1. The number of nitrogens with zero attached hydrogens (tertiary/aromatic N) is 1. The molecule has 2 saturated heterocycles. The highest BCUT2D eigenvalue weighted by atomic mass is 32.2. The van der Waals surface area contributed by atoms with E-state index in [2.05, 4.69) is 0 Å². The molecule has 0 radical (unpaired) electrons. The first-order valence-corrected chi connectivity index (χ1v) is 12.0. The number of benzene rings is 1. The van der Waals surface area contributed by atoms with E-state index >= 15 is 0 Å². The fraction of sp³-hybridized carbons (Fsp3) is 0.647. The molecule has 1 aromatic carbocycles. The summed E-state index contributed by atoms with van der Waals surface area (Å²) in [6, 6.07) is 4.40. The molecule has 0 aromatic heterocycles. The maximum Gasteiger partial charge on any atom is 0.247 e. The summed E-state index contributed by atoms with van der Waals surface area (Å²) in [4.78, 5) is 0.0716. The van der Waals surface area contributed by atoms with E-state index < -0.39 is 25.9 Å². The number of sulfonamides is 1. The van der Waals surface area contributed by atoms with Crippen molar-refractivity contribution in [2.75, 3.05) is 31.8 Å². The molecule has 0 aliphatic carbocycles. The highest BCUT2D eigenvalue weighted by Crippen LogP contribution is 2.32. The number of hydrogen-bond acceptors (Lipinski definition) is 6. The van der Waals surface area contributed by atoms with Gasteiger partial charge in [0.15, 0.2) is 9.84 Å². The third-order valence-electron chi connectivity index (χ3n) is 4.93. The van der Waals surface area contributed by atoms with E-state index in [0.29, 0.717) is 13.0 Å². The van der Waals surface area contributed by atoms with Crippen LogP contribution in [-0.2, 0) is 24.6 Å². The molecule has 3 rings (SSSR count). The Morgan fingerprint density at radius 3 is 2.65 bits per heavy atom. The van der Waals surface area contributed by atoms with Crippen LogP contribution in [0.5, 0.6) is 5.75 Å². The predicted molar refractivity (Wildman–Crippen MR) is 97.7 cm³/mol. The lowest BCUT2D eigenvalue weighted by Gasteiger charge is -2.30. The second-order valence-corrected chi connectivity index (χ2v) is 11.0. The molecule has 146 valence electrons. The van der Waals surface area contributed by atoms with Gasteiger partial charge in [-0.3, -0.25) is 0 Å². The fourth-order valence-corrected chi connectivity index (χ4v) is 7.30. The minimum Gasteiger partial charge on any atom is -0.495 e. The molecule has 0 saturated carbocycles. The molecule has 2 aliphatic rings. The Kier molecular flexibility index (Phi) is 5.62. The number of rotatable bonds is 6. The first-order chi connectivity index (χ1) is 12.2. The van der Waals surface area contributed by atoms with Crippen molar-refractivity contribution in [3.63, 3.8) is 0 Å². The maximum absolute atomic E-state index is 13.4. The molecule has 26 heavy (non-hydrogen) atoms. The molecule has 0 amide bonds. The third kappa shape index (κ3) is 4.05. The smallest absolute Gasteiger partial charge is 0.247 e. The van der Waals surface area contributed by atoms with Crippen LogP contribution < -0.4 is 4.74 Å². The average Bonchev–Trinajstić information content (AvgIpc) is 3.21. The lowest BCUT2D eigenvalue weighted by atomic mass is 10.2. The molecule has 1 aromatic rings. The molecule has 0 bridgehead atoms.